The number of amides is 1. The number of esters is 1. The Bertz CT molecular complexity index is 327. The van der Waals surface area contributed by atoms with Crippen molar-refractivity contribution in [1.29, 1.82) is 0 Å². The molecule has 0 saturated carbocycles. The minimum atomic E-state index is -0.245. The third-order valence-corrected chi connectivity index (χ3v) is 4.04. The van der Waals surface area contributed by atoms with Gasteiger partial charge in [-0.2, -0.15) is 0 Å². The Balaban J connectivity index is 1.92. The van der Waals surface area contributed by atoms with Crippen molar-refractivity contribution in [3.63, 3.8) is 0 Å². The van der Waals surface area contributed by atoms with E-state index >= 15 is 0 Å². The summed E-state index contributed by atoms with van der Waals surface area (Å²) in [6.07, 6.45) is 4.34. The van der Waals surface area contributed by atoms with Gasteiger partial charge in [-0.05, 0) is 38.8 Å². The number of ether oxygens (including phenoxy) is 1. The fourth-order valence-corrected chi connectivity index (χ4v) is 3.00. The Morgan fingerprint density at radius 1 is 1.21 bits per heavy atom. The van der Waals surface area contributed by atoms with Crippen LogP contribution in [-0.2, 0) is 14.3 Å². The van der Waals surface area contributed by atoms with E-state index in [0.717, 1.165) is 51.9 Å². The molecule has 0 bridgehead atoms. The highest BCUT2D eigenvalue weighted by Gasteiger charge is 2.30. The summed E-state index contributed by atoms with van der Waals surface area (Å²) in [7, 11) is 0. The first kappa shape index (κ1) is 14.3. The summed E-state index contributed by atoms with van der Waals surface area (Å²) >= 11 is 0. The topological polar surface area (TPSA) is 58.6 Å². The second-order valence-corrected chi connectivity index (χ2v) is 5.53. The van der Waals surface area contributed by atoms with E-state index in [1.807, 2.05) is 4.90 Å². The number of carbonyl (C=O) groups is 2. The van der Waals surface area contributed by atoms with Crippen molar-refractivity contribution >= 4 is 11.9 Å². The molecule has 108 valence electrons. The lowest BCUT2D eigenvalue weighted by Crippen LogP contribution is -2.34. The Hall–Kier alpha value is -1.10. The molecule has 5 nitrogen and oxygen atoms in total. The van der Waals surface area contributed by atoms with Crippen LogP contribution in [0.1, 0.15) is 39.0 Å². The fraction of sp³-hybridized carbons (Fsp3) is 0.857. The molecule has 2 aliphatic heterocycles. The SMILES string of the molecule is CC(=O)O[C@@H]1CCNCC[C@H]1CC(=O)N1CCCC1. The number of carbonyl (C=O) groups excluding carboxylic acids is 2. The van der Waals surface area contributed by atoms with Gasteiger partial charge in [0.05, 0.1) is 0 Å². The highest BCUT2D eigenvalue weighted by atomic mass is 16.5. The molecular weight excluding hydrogens is 244 g/mol. The van der Waals surface area contributed by atoms with Gasteiger partial charge in [0.15, 0.2) is 0 Å². The van der Waals surface area contributed by atoms with Gasteiger partial charge in [-0.3, -0.25) is 9.59 Å². The Morgan fingerprint density at radius 2 is 1.89 bits per heavy atom. The van der Waals surface area contributed by atoms with Crippen LogP contribution in [0.3, 0.4) is 0 Å². The molecule has 2 aliphatic rings. The molecule has 2 heterocycles. The summed E-state index contributed by atoms with van der Waals surface area (Å²) in [5.74, 6) is 0.138. The normalized spacial score (nSPS) is 27.9. The lowest BCUT2D eigenvalue weighted by molar-refractivity contribution is -0.151. The van der Waals surface area contributed by atoms with Crippen molar-refractivity contribution in [3.05, 3.63) is 0 Å². The van der Waals surface area contributed by atoms with Crippen LogP contribution < -0.4 is 5.32 Å². The van der Waals surface area contributed by atoms with Crippen molar-refractivity contribution in [3.8, 4) is 0 Å². The molecule has 0 radical (unpaired) electrons. The van der Waals surface area contributed by atoms with E-state index in [1.165, 1.54) is 6.92 Å². The molecule has 0 aromatic heterocycles. The number of hydrogen-bond donors (Lipinski definition) is 1. The molecular formula is C14H24N2O3. The zero-order valence-corrected chi connectivity index (χ0v) is 11.7. The molecule has 2 fully saturated rings. The highest BCUT2D eigenvalue weighted by Crippen LogP contribution is 2.23. The van der Waals surface area contributed by atoms with Crippen molar-refractivity contribution in [1.82, 2.24) is 10.2 Å². The van der Waals surface area contributed by atoms with Gasteiger partial charge in [0.2, 0.25) is 5.91 Å². The molecule has 2 saturated heterocycles. The Morgan fingerprint density at radius 3 is 2.58 bits per heavy atom. The van der Waals surface area contributed by atoms with Crippen molar-refractivity contribution in [2.45, 2.75) is 45.1 Å². The van der Waals surface area contributed by atoms with E-state index in [2.05, 4.69) is 5.32 Å². The molecule has 5 heteroatoms. The molecule has 0 aromatic rings. The first-order valence-corrected chi connectivity index (χ1v) is 7.32. The molecule has 19 heavy (non-hydrogen) atoms. The number of hydrogen-bond acceptors (Lipinski definition) is 4. The third kappa shape index (κ3) is 4.20. The lowest BCUT2D eigenvalue weighted by atomic mass is 9.93. The number of rotatable bonds is 3. The van der Waals surface area contributed by atoms with Gasteiger partial charge >= 0.3 is 5.97 Å². The maximum absolute atomic E-state index is 12.2. The largest absolute Gasteiger partial charge is 0.462 e. The maximum atomic E-state index is 12.2. The molecule has 0 aromatic carbocycles. The van der Waals surface area contributed by atoms with Crippen LogP contribution >= 0.6 is 0 Å². The van der Waals surface area contributed by atoms with Crippen LogP contribution in [0.25, 0.3) is 0 Å². The zero-order chi connectivity index (χ0) is 13.7. The van der Waals surface area contributed by atoms with Gasteiger partial charge in [0.1, 0.15) is 6.10 Å². The standard InChI is InChI=1S/C14H24N2O3/c1-11(17)19-13-5-7-15-6-4-12(13)10-14(18)16-8-2-3-9-16/h12-13,15H,2-10H2,1H3/t12-,13+/m0/s1. The smallest absolute Gasteiger partial charge is 0.302 e. The molecule has 0 unspecified atom stereocenters. The van der Waals surface area contributed by atoms with E-state index in [1.54, 1.807) is 0 Å². The molecule has 2 atom stereocenters. The number of nitrogens with one attached hydrogen (secondary N) is 1. The van der Waals surface area contributed by atoms with Gasteiger partial charge in [0.25, 0.3) is 0 Å². The quantitative estimate of drug-likeness (QED) is 0.774. The average Bonchev–Trinajstić information content (AvgIpc) is 2.81. The molecule has 1 N–H and O–H groups in total. The fourth-order valence-electron chi connectivity index (χ4n) is 3.00. The van der Waals surface area contributed by atoms with Crippen molar-refractivity contribution in [2.75, 3.05) is 26.2 Å². The van der Waals surface area contributed by atoms with Crippen molar-refractivity contribution in [2.24, 2.45) is 5.92 Å². The second kappa shape index (κ2) is 6.89. The first-order valence-electron chi connectivity index (χ1n) is 7.32. The second-order valence-electron chi connectivity index (χ2n) is 5.53. The monoisotopic (exact) mass is 268 g/mol. The van der Waals surface area contributed by atoms with Crippen LogP contribution in [-0.4, -0.2) is 49.1 Å². The van der Waals surface area contributed by atoms with Gasteiger partial charge in [-0.1, -0.05) is 0 Å². The maximum Gasteiger partial charge on any atom is 0.302 e. The summed E-state index contributed by atoms with van der Waals surface area (Å²) in [6, 6.07) is 0. The summed E-state index contributed by atoms with van der Waals surface area (Å²) < 4.78 is 5.40. The van der Waals surface area contributed by atoms with E-state index in [0.29, 0.717) is 6.42 Å². The van der Waals surface area contributed by atoms with E-state index in [9.17, 15) is 9.59 Å². The number of nitrogens with zero attached hydrogens (tertiary/aromatic N) is 1. The predicted molar refractivity (Wildman–Crippen MR) is 71.6 cm³/mol. The zero-order valence-electron chi connectivity index (χ0n) is 11.7. The molecule has 0 aliphatic carbocycles. The van der Waals surface area contributed by atoms with Crippen LogP contribution in [0.15, 0.2) is 0 Å². The van der Waals surface area contributed by atoms with Crippen LogP contribution in [0.4, 0.5) is 0 Å². The van der Waals surface area contributed by atoms with Gasteiger partial charge < -0.3 is 15.0 Å². The summed E-state index contributed by atoms with van der Waals surface area (Å²) in [4.78, 5) is 25.3. The predicted octanol–water partition coefficient (Wildman–Crippen LogP) is 0.930. The lowest BCUT2D eigenvalue weighted by Gasteiger charge is -2.26. The average molecular weight is 268 g/mol. The third-order valence-electron chi connectivity index (χ3n) is 4.04. The minimum Gasteiger partial charge on any atom is -0.462 e. The minimum absolute atomic E-state index is 0.112. The van der Waals surface area contributed by atoms with Gasteiger partial charge in [-0.25, -0.2) is 0 Å². The van der Waals surface area contributed by atoms with Crippen LogP contribution in [0.2, 0.25) is 0 Å². The van der Waals surface area contributed by atoms with Crippen molar-refractivity contribution < 1.29 is 14.3 Å². The Labute approximate surface area is 114 Å². The number of likely N-dealkylation sites (tertiary alicyclic amines) is 1. The van der Waals surface area contributed by atoms with E-state index in [4.69, 9.17) is 4.74 Å². The molecule has 1 amide bonds. The summed E-state index contributed by atoms with van der Waals surface area (Å²) in [6.45, 7) is 4.98. The Kier molecular flexibility index (Phi) is 5.19. The summed E-state index contributed by atoms with van der Waals surface area (Å²) in [5, 5.41) is 3.31. The van der Waals surface area contributed by atoms with Gasteiger partial charge in [-0.15, -0.1) is 0 Å². The summed E-state index contributed by atoms with van der Waals surface area (Å²) in [5.41, 5.74) is 0. The molecule has 2 rings (SSSR count). The highest BCUT2D eigenvalue weighted by molar-refractivity contribution is 5.76. The van der Waals surface area contributed by atoms with Crippen LogP contribution in [0, 0.1) is 5.92 Å². The van der Waals surface area contributed by atoms with Crippen LogP contribution in [0.5, 0.6) is 0 Å². The van der Waals surface area contributed by atoms with Gasteiger partial charge in [0, 0.05) is 32.4 Å². The molecule has 0 spiro atoms. The van der Waals surface area contributed by atoms with E-state index in [-0.39, 0.29) is 23.9 Å². The first-order chi connectivity index (χ1) is 9.16. The van der Waals surface area contributed by atoms with E-state index < -0.39 is 0 Å².